The molecule has 0 radical (unpaired) electrons. The van der Waals surface area contributed by atoms with E-state index in [1.54, 1.807) is 0 Å². The average Bonchev–Trinajstić information content (AvgIpc) is 2.28. The van der Waals surface area contributed by atoms with Crippen LogP contribution in [-0.2, 0) is 25.6 Å². The normalized spacial score (nSPS) is 9.07. The maximum Gasteiger partial charge on any atom is 0.511 e. The van der Waals surface area contributed by atoms with E-state index in [1.807, 2.05) is 30.3 Å². The smallest absolute Gasteiger partial charge is 0.430 e. The molecule has 5 nitrogen and oxygen atoms in total. The summed E-state index contributed by atoms with van der Waals surface area (Å²) < 4.78 is 13.3. The van der Waals surface area contributed by atoms with Gasteiger partial charge in [0.25, 0.3) is 6.47 Å². The molecule has 0 aliphatic heterocycles. The van der Waals surface area contributed by atoms with E-state index in [-0.39, 0.29) is 13.1 Å². The lowest BCUT2D eigenvalue weighted by molar-refractivity contribution is -0.137. The molecule has 0 fully saturated rings. The van der Waals surface area contributed by atoms with Crippen LogP contribution in [0.3, 0.4) is 0 Å². The molecule has 0 bridgehead atoms. The highest BCUT2D eigenvalue weighted by Crippen LogP contribution is 2.01. The van der Waals surface area contributed by atoms with Gasteiger partial charge in [-0.3, -0.25) is 4.79 Å². The largest absolute Gasteiger partial charge is 0.511 e. The van der Waals surface area contributed by atoms with Crippen LogP contribution in [0.15, 0.2) is 30.3 Å². The zero-order valence-electron chi connectivity index (χ0n) is 7.92. The highest BCUT2D eigenvalue weighted by Gasteiger charge is 2.03. The summed E-state index contributed by atoms with van der Waals surface area (Å²) >= 11 is 0. The fraction of sp³-hybridized carbons (Fsp3) is 0.200. The number of ether oxygens (including phenoxy) is 3. The molecule has 15 heavy (non-hydrogen) atoms. The van der Waals surface area contributed by atoms with Crippen LogP contribution in [0.1, 0.15) is 5.56 Å². The first-order valence-corrected chi connectivity index (χ1v) is 4.21. The van der Waals surface area contributed by atoms with Crippen molar-refractivity contribution in [1.82, 2.24) is 0 Å². The Morgan fingerprint density at radius 1 is 1.20 bits per heavy atom. The molecule has 1 aromatic rings. The van der Waals surface area contributed by atoms with E-state index in [0.717, 1.165) is 5.56 Å². The zero-order valence-corrected chi connectivity index (χ0v) is 7.92. The molecule has 0 atom stereocenters. The summed E-state index contributed by atoms with van der Waals surface area (Å²) in [5.74, 6) is 0. The Bertz CT molecular complexity index is 309. The Morgan fingerprint density at radius 2 is 1.93 bits per heavy atom. The minimum atomic E-state index is -0.874. The Labute approximate surface area is 86.6 Å². The number of hydrogen-bond donors (Lipinski definition) is 0. The third kappa shape index (κ3) is 4.66. The molecule has 0 amide bonds. The first-order valence-electron chi connectivity index (χ1n) is 4.21. The molecule has 0 aliphatic carbocycles. The van der Waals surface area contributed by atoms with Gasteiger partial charge in [0.15, 0.2) is 0 Å². The van der Waals surface area contributed by atoms with E-state index in [0.29, 0.717) is 0 Å². The maximum absolute atomic E-state index is 10.9. The van der Waals surface area contributed by atoms with E-state index >= 15 is 0 Å². The summed E-state index contributed by atoms with van der Waals surface area (Å²) in [5, 5.41) is 0. The summed E-state index contributed by atoms with van der Waals surface area (Å²) in [6, 6.07) is 9.16. The van der Waals surface area contributed by atoms with Crippen molar-refractivity contribution in [1.29, 1.82) is 0 Å². The van der Waals surface area contributed by atoms with Crippen molar-refractivity contribution in [2.24, 2.45) is 0 Å². The molecule has 1 aromatic carbocycles. The van der Waals surface area contributed by atoms with Gasteiger partial charge in [-0.1, -0.05) is 30.3 Å². The third-order valence-corrected chi connectivity index (χ3v) is 1.51. The second-order valence-corrected chi connectivity index (χ2v) is 2.55. The van der Waals surface area contributed by atoms with Crippen LogP contribution in [0.2, 0.25) is 0 Å². The Kier molecular flexibility index (Phi) is 4.72. The first-order chi connectivity index (χ1) is 7.33. The van der Waals surface area contributed by atoms with E-state index < -0.39 is 12.9 Å². The molecule has 0 aromatic heterocycles. The molecule has 0 saturated heterocycles. The number of carbonyl (C=O) groups excluding carboxylic acids is 2. The molecule has 0 N–H and O–H groups in total. The van der Waals surface area contributed by atoms with Crippen molar-refractivity contribution in [3.05, 3.63) is 35.9 Å². The molecule has 0 heterocycles. The summed E-state index contributed by atoms with van der Waals surface area (Å²) in [6.07, 6.45) is -0.874. The summed E-state index contributed by atoms with van der Waals surface area (Å²) in [4.78, 5) is 20.6. The van der Waals surface area contributed by atoms with Crippen LogP contribution in [0.5, 0.6) is 0 Å². The van der Waals surface area contributed by atoms with Crippen LogP contribution < -0.4 is 0 Å². The standard InChI is InChI=1S/C10H10O5/c11-7-13-8-15-10(12)14-6-9-4-2-1-3-5-9/h1-5,7H,6,8H2. The van der Waals surface area contributed by atoms with E-state index in [4.69, 9.17) is 4.74 Å². The summed E-state index contributed by atoms with van der Waals surface area (Å²) in [7, 11) is 0. The van der Waals surface area contributed by atoms with Crippen LogP contribution in [0.4, 0.5) is 4.79 Å². The molecule has 5 heteroatoms. The number of benzene rings is 1. The van der Waals surface area contributed by atoms with E-state index in [9.17, 15) is 9.59 Å². The fourth-order valence-electron chi connectivity index (χ4n) is 0.868. The van der Waals surface area contributed by atoms with E-state index in [2.05, 4.69) is 9.47 Å². The lowest BCUT2D eigenvalue weighted by atomic mass is 10.2. The predicted molar refractivity (Wildman–Crippen MR) is 49.7 cm³/mol. The number of carbonyl (C=O) groups is 2. The number of hydrogen-bond acceptors (Lipinski definition) is 5. The van der Waals surface area contributed by atoms with Gasteiger partial charge in [-0.05, 0) is 5.56 Å². The topological polar surface area (TPSA) is 61.8 Å². The molecular weight excluding hydrogens is 200 g/mol. The zero-order chi connectivity index (χ0) is 10.9. The van der Waals surface area contributed by atoms with Crippen molar-refractivity contribution < 1.29 is 23.8 Å². The summed E-state index contributed by atoms with van der Waals surface area (Å²) in [6.45, 7) is -0.123. The quantitative estimate of drug-likeness (QED) is 0.319. The van der Waals surface area contributed by atoms with Gasteiger partial charge in [0, 0.05) is 0 Å². The maximum atomic E-state index is 10.9. The highest BCUT2D eigenvalue weighted by atomic mass is 16.8. The SMILES string of the molecule is O=COCOC(=O)OCc1ccccc1. The number of rotatable bonds is 5. The van der Waals surface area contributed by atoms with Crippen LogP contribution in [-0.4, -0.2) is 19.4 Å². The minimum absolute atomic E-state index is 0.126. The predicted octanol–water partition coefficient (Wildman–Crippen LogP) is 1.47. The average molecular weight is 210 g/mol. The van der Waals surface area contributed by atoms with Crippen LogP contribution >= 0.6 is 0 Å². The summed E-state index contributed by atoms with van der Waals surface area (Å²) in [5.41, 5.74) is 0.853. The molecule has 80 valence electrons. The highest BCUT2D eigenvalue weighted by molar-refractivity contribution is 5.59. The molecule has 0 saturated carbocycles. The van der Waals surface area contributed by atoms with Gasteiger partial charge in [-0.25, -0.2) is 4.79 Å². The molecule has 1 rings (SSSR count). The first kappa shape index (κ1) is 11.0. The van der Waals surface area contributed by atoms with Crippen molar-refractivity contribution in [3.8, 4) is 0 Å². The van der Waals surface area contributed by atoms with Crippen molar-refractivity contribution in [3.63, 3.8) is 0 Å². The molecule has 0 spiro atoms. The van der Waals surface area contributed by atoms with Crippen molar-refractivity contribution in [2.75, 3.05) is 6.79 Å². The van der Waals surface area contributed by atoms with Crippen LogP contribution in [0, 0.1) is 0 Å². The van der Waals surface area contributed by atoms with Gasteiger partial charge in [-0.2, -0.15) is 0 Å². The fourth-order valence-corrected chi connectivity index (χ4v) is 0.868. The van der Waals surface area contributed by atoms with Gasteiger partial charge in [0.05, 0.1) is 0 Å². The minimum Gasteiger partial charge on any atom is -0.430 e. The Hall–Kier alpha value is -2.04. The van der Waals surface area contributed by atoms with Crippen molar-refractivity contribution >= 4 is 12.6 Å². The van der Waals surface area contributed by atoms with Gasteiger partial charge in [0.2, 0.25) is 6.79 Å². The van der Waals surface area contributed by atoms with Gasteiger partial charge < -0.3 is 14.2 Å². The van der Waals surface area contributed by atoms with Crippen molar-refractivity contribution in [2.45, 2.75) is 6.61 Å². The van der Waals surface area contributed by atoms with Crippen LogP contribution in [0.25, 0.3) is 0 Å². The Balaban J connectivity index is 2.20. The lowest BCUT2D eigenvalue weighted by Gasteiger charge is -2.04. The van der Waals surface area contributed by atoms with E-state index in [1.165, 1.54) is 0 Å². The second kappa shape index (κ2) is 6.42. The molecule has 0 unspecified atom stereocenters. The lowest BCUT2D eigenvalue weighted by Crippen LogP contribution is -2.09. The second-order valence-electron chi connectivity index (χ2n) is 2.55. The molecular formula is C10H10O5. The third-order valence-electron chi connectivity index (χ3n) is 1.51. The Morgan fingerprint density at radius 3 is 2.60 bits per heavy atom. The van der Waals surface area contributed by atoms with Gasteiger partial charge >= 0.3 is 6.16 Å². The van der Waals surface area contributed by atoms with Gasteiger partial charge in [-0.15, -0.1) is 0 Å². The monoisotopic (exact) mass is 210 g/mol. The van der Waals surface area contributed by atoms with Gasteiger partial charge in [0.1, 0.15) is 6.61 Å². The molecule has 0 aliphatic rings.